The van der Waals surface area contributed by atoms with Crippen LogP contribution in [0.1, 0.15) is 15.9 Å². The Balaban J connectivity index is 1.92. The number of imidazole rings is 1. The average molecular weight is 342 g/mol. The number of fused-ring (bicyclic) bond motifs is 1. The fourth-order valence-corrected chi connectivity index (χ4v) is 3.10. The van der Waals surface area contributed by atoms with Gasteiger partial charge in [-0.05, 0) is 23.8 Å². The van der Waals surface area contributed by atoms with Gasteiger partial charge in [0.25, 0.3) is 0 Å². The van der Waals surface area contributed by atoms with Crippen molar-refractivity contribution in [3.05, 3.63) is 90.0 Å². The SMILES string of the molecule is COC(=O)c1ccc2nc(-c3ccccc3)n(Cc3ccccc3)c2c1. The molecule has 4 aromatic rings. The molecule has 0 aliphatic carbocycles. The van der Waals surface area contributed by atoms with Gasteiger partial charge in [0.05, 0.1) is 23.7 Å². The lowest BCUT2D eigenvalue weighted by Gasteiger charge is -2.10. The molecule has 0 aliphatic heterocycles. The summed E-state index contributed by atoms with van der Waals surface area (Å²) in [6.45, 7) is 0.673. The zero-order valence-corrected chi connectivity index (χ0v) is 14.4. The van der Waals surface area contributed by atoms with E-state index in [1.165, 1.54) is 12.7 Å². The van der Waals surface area contributed by atoms with Gasteiger partial charge in [-0.2, -0.15) is 0 Å². The van der Waals surface area contributed by atoms with E-state index in [9.17, 15) is 4.79 Å². The summed E-state index contributed by atoms with van der Waals surface area (Å²) in [7, 11) is 1.39. The number of esters is 1. The van der Waals surface area contributed by atoms with Gasteiger partial charge in [-0.15, -0.1) is 0 Å². The molecular weight excluding hydrogens is 324 g/mol. The number of rotatable bonds is 4. The molecule has 0 radical (unpaired) electrons. The van der Waals surface area contributed by atoms with Crippen LogP contribution in [0.5, 0.6) is 0 Å². The zero-order chi connectivity index (χ0) is 17.9. The van der Waals surface area contributed by atoms with Crippen LogP contribution in [0, 0.1) is 0 Å². The number of carbonyl (C=O) groups is 1. The molecule has 1 heterocycles. The van der Waals surface area contributed by atoms with Crippen molar-refractivity contribution in [2.75, 3.05) is 7.11 Å². The number of nitrogens with zero attached hydrogens (tertiary/aromatic N) is 2. The Morgan fingerprint density at radius 1 is 0.962 bits per heavy atom. The van der Waals surface area contributed by atoms with Gasteiger partial charge in [0.2, 0.25) is 0 Å². The Morgan fingerprint density at radius 2 is 1.65 bits per heavy atom. The predicted molar refractivity (Wildman–Crippen MR) is 102 cm³/mol. The number of hydrogen-bond donors (Lipinski definition) is 0. The van der Waals surface area contributed by atoms with E-state index in [2.05, 4.69) is 16.7 Å². The standard InChI is InChI=1S/C22H18N2O2/c1-26-22(25)18-12-13-19-20(14-18)24(15-16-8-4-2-5-9-16)21(23-19)17-10-6-3-7-11-17/h2-14H,15H2,1H3. The minimum Gasteiger partial charge on any atom is -0.465 e. The van der Waals surface area contributed by atoms with Crippen LogP contribution in [-0.2, 0) is 11.3 Å². The van der Waals surface area contributed by atoms with E-state index in [4.69, 9.17) is 9.72 Å². The fraction of sp³-hybridized carbons (Fsp3) is 0.0909. The molecule has 26 heavy (non-hydrogen) atoms. The van der Waals surface area contributed by atoms with Gasteiger partial charge in [-0.1, -0.05) is 60.7 Å². The molecular formula is C22H18N2O2. The first-order valence-electron chi connectivity index (χ1n) is 8.44. The smallest absolute Gasteiger partial charge is 0.337 e. The molecule has 0 spiro atoms. The number of hydrogen-bond acceptors (Lipinski definition) is 3. The number of aromatic nitrogens is 2. The van der Waals surface area contributed by atoms with Gasteiger partial charge < -0.3 is 9.30 Å². The van der Waals surface area contributed by atoms with Gasteiger partial charge in [0.1, 0.15) is 5.82 Å². The van der Waals surface area contributed by atoms with Crippen molar-refractivity contribution in [1.82, 2.24) is 9.55 Å². The van der Waals surface area contributed by atoms with Gasteiger partial charge >= 0.3 is 5.97 Å². The molecule has 4 nitrogen and oxygen atoms in total. The summed E-state index contributed by atoms with van der Waals surface area (Å²) in [4.78, 5) is 16.8. The number of benzene rings is 3. The summed E-state index contributed by atoms with van der Waals surface area (Å²) in [6, 6.07) is 25.8. The van der Waals surface area contributed by atoms with E-state index in [1.54, 1.807) is 6.07 Å². The largest absolute Gasteiger partial charge is 0.465 e. The van der Waals surface area contributed by atoms with Crippen molar-refractivity contribution < 1.29 is 9.53 Å². The van der Waals surface area contributed by atoms with E-state index < -0.39 is 0 Å². The summed E-state index contributed by atoms with van der Waals surface area (Å²) in [5.41, 5.74) is 4.50. The maximum Gasteiger partial charge on any atom is 0.337 e. The molecule has 4 rings (SSSR count). The predicted octanol–water partition coefficient (Wildman–Crippen LogP) is 4.54. The maximum atomic E-state index is 12.0. The molecule has 3 aromatic carbocycles. The van der Waals surface area contributed by atoms with Crippen LogP contribution < -0.4 is 0 Å². The Labute approximate surface area is 151 Å². The molecule has 0 bridgehead atoms. The average Bonchev–Trinajstić information content (AvgIpc) is 3.06. The van der Waals surface area contributed by atoms with E-state index in [1.807, 2.05) is 60.7 Å². The van der Waals surface area contributed by atoms with E-state index >= 15 is 0 Å². The van der Waals surface area contributed by atoms with Gasteiger partial charge in [0, 0.05) is 12.1 Å². The first-order valence-corrected chi connectivity index (χ1v) is 8.44. The van der Waals surface area contributed by atoms with E-state index in [0.717, 1.165) is 22.4 Å². The molecule has 0 atom stereocenters. The third-order valence-corrected chi connectivity index (χ3v) is 4.38. The van der Waals surface area contributed by atoms with Crippen molar-refractivity contribution in [1.29, 1.82) is 0 Å². The van der Waals surface area contributed by atoms with Crippen LogP contribution in [-0.4, -0.2) is 22.6 Å². The lowest BCUT2D eigenvalue weighted by molar-refractivity contribution is 0.0601. The second-order valence-electron chi connectivity index (χ2n) is 6.07. The molecule has 0 fully saturated rings. The van der Waals surface area contributed by atoms with Crippen molar-refractivity contribution in [2.45, 2.75) is 6.54 Å². The molecule has 0 aliphatic rings. The number of ether oxygens (including phenoxy) is 1. The Morgan fingerprint density at radius 3 is 2.35 bits per heavy atom. The first-order chi connectivity index (χ1) is 12.8. The highest BCUT2D eigenvalue weighted by Crippen LogP contribution is 2.27. The third-order valence-electron chi connectivity index (χ3n) is 4.38. The van der Waals surface area contributed by atoms with Gasteiger partial charge in [0.15, 0.2) is 0 Å². The molecule has 0 N–H and O–H groups in total. The lowest BCUT2D eigenvalue weighted by atomic mass is 10.1. The summed E-state index contributed by atoms with van der Waals surface area (Å²) >= 11 is 0. The van der Waals surface area contributed by atoms with Gasteiger partial charge in [-0.3, -0.25) is 0 Å². The molecule has 0 saturated heterocycles. The maximum absolute atomic E-state index is 12.0. The second kappa shape index (κ2) is 6.84. The summed E-state index contributed by atoms with van der Waals surface area (Å²) in [6.07, 6.45) is 0. The highest BCUT2D eigenvalue weighted by molar-refractivity contribution is 5.94. The Kier molecular flexibility index (Phi) is 4.23. The highest BCUT2D eigenvalue weighted by Gasteiger charge is 2.15. The first kappa shape index (κ1) is 16.1. The number of carbonyl (C=O) groups excluding carboxylic acids is 1. The normalized spacial score (nSPS) is 10.8. The van der Waals surface area contributed by atoms with Crippen molar-refractivity contribution in [3.63, 3.8) is 0 Å². The minimum atomic E-state index is -0.347. The van der Waals surface area contributed by atoms with Crippen LogP contribution >= 0.6 is 0 Å². The molecule has 0 unspecified atom stereocenters. The summed E-state index contributed by atoms with van der Waals surface area (Å²) in [5.74, 6) is 0.534. The molecule has 4 heteroatoms. The van der Waals surface area contributed by atoms with Gasteiger partial charge in [-0.25, -0.2) is 9.78 Å². The zero-order valence-electron chi connectivity index (χ0n) is 14.4. The number of methoxy groups -OCH3 is 1. The molecule has 0 amide bonds. The van der Waals surface area contributed by atoms with E-state index in [0.29, 0.717) is 12.1 Å². The fourth-order valence-electron chi connectivity index (χ4n) is 3.10. The van der Waals surface area contributed by atoms with Crippen molar-refractivity contribution >= 4 is 17.0 Å². The van der Waals surface area contributed by atoms with E-state index in [-0.39, 0.29) is 5.97 Å². The third kappa shape index (κ3) is 2.97. The summed E-state index contributed by atoms with van der Waals surface area (Å²) in [5, 5.41) is 0. The van der Waals surface area contributed by atoms with Crippen LogP contribution in [0.2, 0.25) is 0 Å². The Hall–Kier alpha value is -3.40. The topological polar surface area (TPSA) is 44.1 Å². The van der Waals surface area contributed by atoms with Crippen LogP contribution in [0.3, 0.4) is 0 Å². The minimum absolute atomic E-state index is 0.347. The monoisotopic (exact) mass is 342 g/mol. The van der Waals surface area contributed by atoms with Crippen LogP contribution in [0.25, 0.3) is 22.4 Å². The van der Waals surface area contributed by atoms with Crippen molar-refractivity contribution in [2.24, 2.45) is 0 Å². The Bertz CT molecular complexity index is 1050. The second-order valence-corrected chi connectivity index (χ2v) is 6.07. The lowest BCUT2D eigenvalue weighted by Crippen LogP contribution is -2.04. The molecule has 1 aromatic heterocycles. The molecule has 0 saturated carbocycles. The summed E-state index contributed by atoms with van der Waals surface area (Å²) < 4.78 is 7.01. The van der Waals surface area contributed by atoms with Crippen molar-refractivity contribution in [3.8, 4) is 11.4 Å². The molecule has 128 valence electrons. The van der Waals surface area contributed by atoms with Crippen LogP contribution in [0.4, 0.5) is 0 Å². The highest BCUT2D eigenvalue weighted by atomic mass is 16.5. The van der Waals surface area contributed by atoms with Crippen LogP contribution in [0.15, 0.2) is 78.9 Å². The quantitative estimate of drug-likeness (QED) is 0.512.